The van der Waals surface area contributed by atoms with E-state index in [2.05, 4.69) is 20.8 Å². The second-order valence-electron chi connectivity index (χ2n) is 4.32. The number of anilines is 2. The van der Waals surface area contributed by atoms with E-state index in [1.165, 1.54) is 0 Å². The third kappa shape index (κ3) is 2.46. The molecule has 102 valence electrons. The molecule has 0 atom stereocenters. The molecule has 3 aromatic rings. The van der Waals surface area contributed by atoms with E-state index < -0.39 is 6.03 Å². The fraction of sp³-hybridized carbons (Fsp3) is 0.154. The zero-order valence-electron chi connectivity index (χ0n) is 10.9. The molecule has 7 nitrogen and oxygen atoms in total. The van der Waals surface area contributed by atoms with Crippen molar-refractivity contribution in [2.75, 3.05) is 10.6 Å². The van der Waals surface area contributed by atoms with Crippen molar-refractivity contribution >= 4 is 28.6 Å². The number of urea groups is 1. The minimum Gasteiger partial charge on any atom is -0.441 e. The molecule has 0 saturated carbocycles. The van der Waals surface area contributed by atoms with Crippen molar-refractivity contribution in [2.24, 2.45) is 0 Å². The second-order valence-corrected chi connectivity index (χ2v) is 4.32. The number of carbonyl (C=O) groups excluding carboxylic acids is 1. The summed E-state index contributed by atoms with van der Waals surface area (Å²) in [4.78, 5) is 16.0. The number of carbonyl (C=O) groups is 1. The lowest BCUT2D eigenvalue weighted by molar-refractivity contribution is 0.262. The number of aromatic nitrogens is 2. The Hall–Kier alpha value is -2.83. The number of hydrogen-bond donors (Lipinski definition) is 2. The van der Waals surface area contributed by atoms with Crippen LogP contribution < -0.4 is 10.6 Å². The second kappa shape index (κ2) is 4.69. The Morgan fingerprint density at radius 2 is 2.05 bits per heavy atom. The van der Waals surface area contributed by atoms with E-state index in [1.54, 1.807) is 38.1 Å². The van der Waals surface area contributed by atoms with Crippen molar-refractivity contribution in [3.8, 4) is 0 Å². The molecule has 0 bridgehead atoms. The lowest BCUT2D eigenvalue weighted by Gasteiger charge is -2.04. The van der Waals surface area contributed by atoms with E-state index in [0.717, 1.165) is 0 Å². The van der Waals surface area contributed by atoms with Crippen LogP contribution in [-0.4, -0.2) is 16.2 Å². The maximum absolute atomic E-state index is 11.8. The van der Waals surface area contributed by atoms with Gasteiger partial charge in [0.15, 0.2) is 17.3 Å². The van der Waals surface area contributed by atoms with Crippen LogP contribution >= 0.6 is 0 Å². The molecule has 0 fully saturated rings. The average Bonchev–Trinajstić information content (AvgIpc) is 2.93. The minimum absolute atomic E-state index is 0.360. The van der Waals surface area contributed by atoms with E-state index in [0.29, 0.717) is 34.3 Å². The summed E-state index contributed by atoms with van der Waals surface area (Å²) in [5, 5.41) is 8.93. The van der Waals surface area contributed by atoms with Gasteiger partial charge in [-0.2, -0.15) is 0 Å². The maximum Gasteiger partial charge on any atom is 0.324 e. The Morgan fingerprint density at radius 3 is 2.80 bits per heavy atom. The zero-order valence-corrected chi connectivity index (χ0v) is 10.9. The fourth-order valence-corrected chi connectivity index (χ4v) is 1.82. The maximum atomic E-state index is 11.8. The highest BCUT2D eigenvalue weighted by Gasteiger charge is 2.08. The van der Waals surface area contributed by atoms with Crippen LogP contribution in [0.3, 0.4) is 0 Å². The number of amides is 2. The molecule has 2 amide bonds. The average molecular weight is 272 g/mol. The Morgan fingerprint density at radius 1 is 1.20 bits per heavy atom. The number of rotatable bonds is 2. The van der Waals surface area contributed by atoms with Crippen LogP contribution in [-0.2, 0) is 0 Å². The van der Waals surface area contributed by atoms with Crippen LogP contribution in [0.5, 0.6) is 0 Å². The third-order valence-corrected chi connectivity index (χ3v) is 2.62. The minimum atomic E-state index is -0.405. The van der Waals surface area contributed by atoms with E-state index in [4.69, 9.17) is 8.94 Å². The van der Waals surface area contributed by atoms with E-state index in [1.807, 2.05) is 0 Å². The Bertz CT molecular complexity index is 775. The van der Waals surface area contributed by atoms with E-state index >= 15 is 0 Å². The van der Waals surface area contributed by atoms with Gasteiger partial charge < -0.3 is 14.3 Å². The number of nitrogens with one attached hydrogen (secondary N) is 2. The summed E-state index contributed by atoms with van der Waals surface area (Å²) in [6.45, 7) is 3.52. The molecule has 2 N–H and O–H groups in total. The Kier molecular flexibility index (Phi) is 2.86. The van der Waals surface area contributed by atoms with Gasteiger partial charge in [0, 0.05) is 18.7 Å². The summed E-state index contributed by atoms with van der Waals surface area (Å²) < 4.78 is 10.2. The van der Waals surface area contributed by atoms with Crippen molar-refractivity contribution in [3.05, 3.63) is 35.9 Å². The number of nitrogens with zero attached hydrogens (tertiary/aromatic N) is 2. The lowest BCUT2D eigenvalue weighted by Crippen LogP contribution is -2.19. The van der Waals surface area contributed by atoms with E-state index in [9.17, 15) is 4.79 Å². The molecule has 2 aromatic heterocycles. The first-order chi connectivity index (χ1) is 9.60. The summed E-state index contributed by atoms with van der Waals surface area (Å²) in [6, 6.07) is 6.45. The highest BCUT2D eigenvalue weighted by Crippen LogP contribution is 2.19. The number of fused-ring (bicyclic) bond motifs is 1. The van der Waals surface area contributed by atoms with Crippen LogP contribution in [0, 0.1) is 13.8 Å². The quantitative estimate of drug-likeness (QED) is 0.747. The first-order valence-corrected chi connectivity index (χ1v) is 5.99. The van der Waals surface area contributed by atoms with Gasteiger partial charge in [0.1, 0.15) is 11.3 Å². The van der Waals surface area contributed by atoms with Gasteiger partial charge in [-0.3, -0.25) is 5.32 Å². The van der Waals surface area contributed by atoms with Crippen LogP contribution in [0.1, 0.15) is 11.7 Å². The predicted octanol–water partition coefficient (Wildman–Crippen LogP) is 3.08. The fourth-order valence-electron chi connectivity index (χ4n) is 1.82. The van der Waals surface area contributed by atoms with Gasteiger partial charge in [-0.15, -0.1) is 0 Å². The number of hydrogen-bond acceptors (Lipinski definition) is 5. The van der Waals surface area contributed by atoms with Crippen LogP contribution in [0.4, 0.5) is 16.3 Å². The van der Waals surface area contributed by atoms with Crippen molar-refractivity contribution in [3.63, 3.8) is 0 Å². The molecule has 3 rings (SSSR count). The van der Waals surface area contributed by atoms with Gasteiger partial charge in [0.05, 0.1) is 0 Å². The lowest BCUT2D eigenvalue weighted by atomic mass is 10.3. The summed E-state index contributed by atoms with van der Waals surface area (Å²) in [5.41, 5.74) is 1.99. The summed E-state index contributed by atoms with van der Waals surface area (Å²) in [7, 11) is 0. The van der Waals surface area contributed by atoms with Gasteiger partial charge in [0.2, 0.25) is 0 Å². The molecule has 2 heterocycles. The molecular weight excluding hydrogens is 260 g/mol. The predicted molar refractivity (Wildman–Crippen MR) is 72.6 cm³/mol. The Balaban J connectivity index is 1.73. The molecule has 0 unspecified atom stereocenters. The van der Waals surface area contributed by atoms with Crippen molar-refractivity contribution in [2.45, 2.75) is 13.8 Å². The number of aryl methyl sites for hydroxylation is 2. The largest absolute Gasteiger partial charge is 0.441 e. The normalized spacial score (nSPS) is 10.7. The molecule has 0 radical (unpaired) electrons. The Labute approximate surface area is 114 Å². The number of benzene rings is 1. The van der Waals surface area contributed by atoms with Gasteiger partial charge in [-0.25, -0.2) is 9.78 Å². The van der Waals surface area contributed by atoms with Gasteiger partial charge in [-0.1, -0.05) is 5.16 Å². The molecule has 7 heteroatoms. The van der Waals surface area contributed by atoms with Crippen LogP contribution in [0.15, 0.2) is 33.2 Å². The van der Waals surface area contributed by atoms with Crippen molar-refractivity contribution < 1.29 is 13.7 Å². The zero-order chi connectivity index (χ0) is 14.1. The highest BCUT2D eigenvalue weighted by atomic mass is 16.5. The number of oxazole rings is 1. The molecule has 1 aromatic carbocycles. The standard InChI is InChI=1S/C13H12N4O3/c1-7-5-12(17-20-7)16-13(18)15-9-3-4-11-10(6-9)14-8(2)19-11/h3-6H,1-2H3,(H2,15,16,17,18). The first kappa shape index (κ1) is 12.2. The summed E-state index contributed by atoms with van der Waals surface area (Å²) in [5.74, 6) is 1.57. The monoisotopic (exact) mass is 272 g/mol. The van der Waals surface area contributed by atoms with Gasteiger partial charge in [-0.05, 0) is 25.1 Å². The van der Waals surface area contributed by atoms with Gasteiger partial charge >= 0.3 is 6.03 Å². The van der Waals surface area contributed by atoms with E-state index in [-0.39, 0.29) is 0 Å². The smallest absolute Gasteiger partial charge is 0.324 e. The first-order valence-electron chi connectivity index (χ1n) is 5.99. The third-order valence-electron chi connectivity index (χ3n) is 2.62. The molecule has 20 heavy (non-hydrogen) atoms. The van der Waals surface area contributed by atoms with Crippen molar-refractivity contribution in [1.82, 2.24) is 10.1 Å². The summed E-state index contributed by atoms with van der Waals surface area (Å²) in [6.07, 6.45) is 0. The summed E-state index contributed by atoms with van der Waals surface area (Å²) >= 11 is 0. The SMILES string of the molecule is Cc1cc(NC(=O)Nc2ccc3oc(C)nc3c2)no1. The van der Waals surface area contributed by atoms with Crippen molar-refractivity contribution in [1.29, 1.82) is 0 Å². The molecule has 0 aliphatic carbocycles. The molecule has 0 saturated heterocycles. The molecular formula is C13H12N4O3. The molecule has 0 spiro atoms. The van der Waals surface area contributed by atoms with Crippen LogP contribution in [0.2, 0.25) is 0 Å². The molecule has 0 aliphatic heterocycles. The molecule has 0 aliphatic rings. The van der Waals surface area contributed by atoms with Gasteiger partial charge in [0.25, 0.3) is 0 Å². The topological polar surface area (TPSA) is 93.2 Å². The van der Waals surface area contributed by atoms with Crippen LogP contribution in [0.25, 0.3) is 11.1 Å². The highest BCUT2D eigenvalue weighted by molar-refractivity contribution is 6.00.